The normalized spacial score (nSPS) is 28.1. The Hall–Kier alpha value is -1.71. The van der Waals surface area contributed by atoms with Crippen molar-refractivity contribution in [1.82, 2.24) is 4.90 Å². The van der Waals surface area contributed by atoms with Crippen LogP contribution in [0.2, 0.25) is 0 Å². The maximum absolute atomic E-state index is 13.0. The lowest BCUT2D eigenvalue weighted by atomic mass is 10.0. The Morgan fingerprint density at radius 3 is 2.36 bits per heavy atom. The predicted molar refractivity (Wildman–Crippen MR) is 152 cm³/mol. The monoisotopic (exact) mass is 546 g/mol. The highest BCUT2D eigenvalue weighted by molar-refractivity contribution is 5.84. The van der Waals surface area contributed by atoms with Gasteiger partial charge >= 0.3 is 6.09 Å². The van der Waals surface area contributed by atoms with Crippen molar-refractivity contribution >= 4 is 11.8 Å². The first kappa shape index (κ1) is 30.3. The predicted octanol–water partition coefficient (Wildman–Crippen LogP) is 6.41. The highest BCUT2D eigenvalue weighted by Crippen LogP contribution is 2.47. The Morgan fingerprint density at radius 2 is 1.67 bits per heavy atom. The minimum Gasteiger partial charge on any atom is -0.440 e. The van der Waals surface area contributed by atoms with Crippen molar-refractivity contribution in [1.29, 1.82) is 0 Å². The van der Waals surface area contributed by atoms with Gasteiger partial charge in [0, 0.05) is 18.8 Å². The van der Waals surface area contributed by atoms with E-state index in [-0.39, 0.29) is 12.7 Å². The number of hydrogen-bond acceptors (Lipinski definition) is 7. The number of nitrogens with one attached hydrogen (secondary N) is 1. The summed E-state index contributed by atoms with van der Waals surface area (Å²) in [5.41, 5.74) is 1.81. The van der Waals surface area contributed by atoms with Crippen LogP contribution in [0.25, 0.3) is 0 Å². The van der Waals surface area contributed by atoms with E-state index in [9.17, 15) is 4.79 Å². The highest BCUT2D eigenvalue weighted by Gasteiger charge is 2.66. The van der Waals surface area contributed by atoms with Crippen molar-refractivity contribution in [3.8, 4) is 0 Å². The second kappa shape index (κ2) is 14.3. The topological polar surface area (TPSA) is 78.5 Å². The molecule has 3 fully saturated rings. The van der Waals surface area contributed by atoms with Crippen molar-refractivity contribution in [3.05, 3.63) is 29.8 Å². The van der Waals surface area contributed by atoms with Gasteiger partial charge in [0.05, 0.1) is 0 Å². The Bertz CT molecular complexity index is 888. The molecule has 8 nitrogen and oxygen atoms in total. The van der Waals surface area contributed by atoms with E-state index in [2.05, 4.69) is 17.1 Å². The zero-order valence-corrected chi connectivity index (χ0v) is 24.5. The molecule has 4 rings (SSSR count). The van der Waals surface area contributed by atoms with Crippen molar-refractivity contribution in [2.75, 3.05) is 38.2 Å². The molecule has 0 bridgehead atoms. The molecular formula is C31H50N2O6. The van der Waals surface area contributed by atoms with E-state index in [0.29, 0.717) is 18.8 Å². The first-order valence-corrected chi connectivity index (χ1v) is 15.2. The van der Waals surface area contributed by atoms with Gasteiger partial charge in [-0.25, -0.2) is 4.79 Å². The molecule has 3 aliphatic heterocycles. The van der Waals surface area contributed by atoms with Gasteiger partial charge in [0.15, 0.2) is 18.0 Å². The number of carbonyl (C=O) groups is 1. The van der Waals surface area contributed by atoms with Gasteiger partial charge in [0.2, 0.25) is 5.79 Å². The van der Waals surface area contributed by atoms with Gasteiger partial charge in [-0.15, -0.1) is 0 Å². The summed E-state index contributed by atoms with van der Waals surface area (Å²) in [5, 5.41) is 2.85. The van der Waals surface area contributed by atoms with E-state index >= 15 is 0 Å². The number of unbranched alkanes of at least 4 members (excludes halogenated alkanes) is 7. The number of anilines is 1. The van der Waals surface area contributed by atoms with Crippen LogP contribution in [0.3, 0.4) is 0 Å². The maximum Gasteiger partial charge on any atom is 0.412 e. The quantitative estimate of drug-likeness (QED) is 0.255. The molecule has 0 radical (unpaired) electrons. The number of ether oxygens (including phenoxy) is 5. The molecule has 1 N–H and O–H groups in total. The minimum absolute atomic E-state index is 0.244. The van der Waals surface area contributed by atoms with Crippen molar-refractivity contribution in [3.63, 3.8) is 0 Å². The van der Waals surface area contributed by atoms with E-state index in [1.807, 2.05) is 45.0 Å². The van der Waals surface area contributed by atoms with Crippen molar-refractivity contribution in [2.45, 2.75) is 122 Å². The molecule has 1 aromatic rings. The first-order chi connectivity index (χ1) is 18.8. The van der Waals surface area contributed by atoms with Crippen LogP contribution in [0.4, 0.5) is 10.5 Å². The van der Waals surface area contributed by atoms with Gasteiger partial charge in [-0.1, -0.05) is 69.6 Å². The Morgan fingerprint density at radius 1 is 1.00 bits per heavy atom. The number of nitrogens with zero attached hydrogens (tertiary/aromatic N) is 1. The molecule has 0 saturated carbocycles. The lowest BCUT2D eigenvalue weighted by Gasteiger charge is -2.30. The molecule has 8 heteroatoms. The lowest BCUT2D eigenvalue weighted by Crippen LogP contribution is -2.46. The largest absolute Gasteiger partial charge is 0.440 e. The van der Waals surface area contributed by atoms with E-state index < -0.39 is 29.9 Å². The molecular weight excluding hydrogens is 496 g/mol. The molecule has 3 heterocycles. The van der Waals surface area contributed by atoms with Crippen LogP contribution in [-0.4, -0.2) is 73.7 Å². The smallest absolute Gasteiger partial charge is 0.412 e. The molecule has 1 amide bonds. The van der Waals surface area contributed by atoms with Gasteiger partial charge in [-0.2, -0.15) is 0 Å². The molecule has 0 aromatic heterocycles. The fourth-order valence-corrected chi connectivity index (χ4v) is 5.92. The van der Waals surface area contributed by atoms with Gasteiger partial charge < -0.3 is 28.6 Å². The summed E-state index contributed by atoms with van der Waals surface area (Å²) in [4.78, 5) is 15.4. The third-order valence-electron chi connectivity index (χ3n) is 7.90. The second-order valence-corrected chi connectivity index (χ2v) is 11.9. The summed E-state index contributed by atoms with van der Waals surface area (Å²) < 4.78 is 31.5. The lowest BCUT2D eigenvalue weighted by molar-refractivity contribution is -0.278. The minimum atomic E-state index is -1.11. The van der Waals surface area contributed by atoms with E-state index in [1.165, 1.54) is 51.4 Å². The number of amides is 1. The number of aryl methyl sites for hydroxylation is 1. The average Bonchev–Trinajstić information content (AvgIpc) is 3.56. The van der Waals surface area contributed by atoms with Crippen LogP contribution < -0.4 is 5.32 Å². The number of carbonyl (C=O) groups excluding carboxylic acids is 1. The molecule has 1 aromatic carbocycles. The average molecular weight is 547 g/mol. The summed E-state index contributed by atoms with van der Waals surface area (Å²) in [5.74, 6) is -1.98. The summed E-state index contributed by atoms with van der Waals surface area (Å²) >= 11 is 0. The number of benzene rings is 1. The molecule has 4 atom stereocenters. The van der Waals surface area contributed by atoms with E-state index in [4.69, 9.17) is 23.7 Å². The van der Waals surface area contributed by atoms with E-state index in [1.54, 1.807) is 0 Å². The van der Waals surface area contributed by atoms with Gasteiger partial charge in [-0.3, -0.25) is 5.32 Å². The van der Waals surface area contributed by atoms with Gasteiger partial charge in [0.25, 0.3) is 0 Å². The fraction of sp³-hybridized carbons (Fsp3) is 0.774. The van der Waals surface area contributed by atoms with Crippen LogP contribution in [0.15, 0.2) is 24.3 Å². The maximum atomic E-state index is 13.0. The molecule has 3 saturated heterocycles. The summed E-state index contributed by atoms with van der Waals surface area (Å²) in [6.07, 6.45) is 10.2. The van der Waals surface area contributed by atoms with Crippen LogP contribution in [0.5, 0.6) is 0 Å². The molecule has 39 heavy (non-hydrogen) atoms. The van der Waals surface area contributed by atoms with Crippen LogP contribution in [0.1, 0.15) is 90.5 Å². The summed E-state index contributed by atoms with van der Waals surface area (Å²) in [6.45, 7) is 11.6. The van der Waals surface area contributed by atoms with E-state index in [0.717, 1.165) is 31.5 Å². The number of hydrogen-bond donors (Lipinski definition) is 1. The number of rotatable bonds is 15. The van der Waals surface area contributed by atoms with Crippen molar-refractivity contribution in [2.24, 2.45) is 0 Å². The van der Waals surface area contributed by atoms with Crippen LogP contribution in [0, 0.1) is 6.92 Å². The third kappa shape index (κ3) is 8.64. The zero-order valence-electron chi connectivity index (χ0n) is 24.5. The Kier molecular flexibility index (Phi) is 11.1. The van der Waals surface area contributed by atoms with Crippen LogP contribution >= 0.6 is 0 Å². The molecule has 0 unspecified atom stereocenters. The van der Waals surface area contributed by atoms with Gasteiger partial charge in [0.1, 0.15) is 12.7 Å². The fourth-order valence-electron chi connectivity index (χ4n) is 5.92. The molecule has 0 aliphatic carbocycles. The third-order valence-corrected chi connectivity index (χ3v) is 7.90. The SMILES string of the molecule is CCCCCCCCCCOC[C@@]12O[C@@H](CN3CCCC3)[C@@H](OC(=O)Nc3ccc(C)cc3)[C@@H]1OC(C)(C)O2. The Labute approximate surface area is 235 Å². The standard InChI is InChI=1S/C31H50N2O6/c1-5-6-7-8-9-10-11-14-21-35-23-31-28(38-30(3,4)39-31)27(26(37-31)22-33-19-12-13-20-33)36-29(34)32-25-17-15-24(2)16-18-25/h15-18,26-28H,5-14,19-23H2,1-4H3,(H,32,34)/t26-,27+,28-,31-/m0/s1. The summed E-state index contributed by atoms with van der Waals surface area (Å²) in [7, 11) is 0. The number of fused-ring (bicyclic) bond motifs is 1. The van der Waals surface area contributed by atoms with Crippen LogP contribution in [-0.2, 0) is 23.7 Å². The Balaban J connectivity index is 1.36. The summed E-state index contributed by atoms with van der Waals surface area (Å²) in [6, 6.07) is 7.64. The zero-order chi connectivity index (χ0) is 27.7. The molecule has 0 spiro atoms. The molecule has 220 valence electrons. The highest BCUT2D eigenvalue weighted by atomic mass is 16.9. The molecule has 3 aliphatic rings. The first-order valence-electron chi connectivity index (χ1n) is 15.2. The van der Waals surface area contributed by atoms with Crippen molar-refractivity contribution < 1.29 is 28.5 Å². The van der Waals surface area contributed by atoms with Gasteiger partial charge in [-0.05, 0) is 65.3 Å². The number of likely N-dealkylation sites (tertiary alicyclic amines) is 1. The second-order valence-electron chi connectivity index (χ2n) is 11.9.